The van der Waals surface area contributed by atoms with E-state index in [1.165, 1.54) is 0 Å². The number of aryl methyl sites for hydroxylation is 1. The molecular weight excluding hydrogens is 220 g/mol. The van der Waals surface area contributed by atoms with Crippen LogP contribution in [0, 0.1) is 12.8 Å². The molecule has 0 saturated heterocycles. The number of carbonyl (C=O) groups is 1. The van der Waals surface area contributed by atoms with Crippen LogP contribution in [0.1, 0.15) is 41.9 Å². The van der Waals surface area contributed by atoms with Crippen molar-refractivity contribution in [1.29, 1.82) is 0 Å². The zero-order valence-corrected chi connectivity index (χ0v) is 9.98. The van der Waals surface area contributed by atoms with Gasteiger partial charge in [0.1, 0.15) is 5.76 Å². The van der Waals surface area contributed by atoms with Gasteiger partial charge in [0.05, 0.1) is 6.10 Å². The van der Waals surface area contributed by atoms with Crippen molar-refractivity contribution >= 4 is 5.91 Å². The number of aliphatic hydroxyl groups is 1. The summed E-state index contributed by atoms with van der Waals surface area (Å²) in [7, 11) is 0. The molecule has 0 aliphatic heterocycles. The quantitative estimate of drug-likeness (QED) is 0.831. The number of amides is 1. The second-order valence-electron chi connectivity index (χ2n) is 4.71. The lowest BCUT2D eigenvalue weighted by atomic mass is 9.87. The molecule has 1 aromatic rings. The van der Waals surface area contributed by atoms with Crippen LogP contribution in [0.2, 0.25) is 0 Å². The molecule has 1 aromatic heterocycles. The molecule has 2 rings (SSSR count). The lowest BCUT2D eigenvalue weighted by Crippen LogP contribution is -2.32. The maximum Gasteiger partial charge on any atom is 0.273 e. The minimum Gasteiger partial charge on any atom is -0.393 e. The minimum absolute atomic E-state index is 0.153. The molecule has 0 unspecified atom stereocenters. The maximum absolute atomic E-state index is 11.7. The van der Waals surface area contributed by atoms with Crippen molar-refractivity contribution in [1.82, 2.24) is 10.5 Å². The molecule has 0 radical (unpaired) electrons. The standard InChI is InChI=1S/C12H18N2O3/c1-8-6-11(14-17-8)12(16)13-7-9-2-4-10(15)5-3-9/h6,9-10,15H,2-5,7H2,1H3,(H,13,16). The minimum atomic E-state index is -0.187. The van der Waals surface area contributed by atoms with Gasteiger partial charge in [-0.3, -0.25) is 4.79 Å². The van der Waals surface area contributed by atoms with Gasteiger partial charge in [0, 0.05) is 12.6 Å². The first kappa shape index (κ1) is 12.1. The molecule has 2 N–H and O–H groups in total. The highest BCUT2D eigenvalue weighted by atomic mass is 16.5. The molecule has 0 spiro atoms. The van der Waals surface area contributed by atoms with Gasteiger partial charge >= 0.3 is 0 Å². The van der Waals surface area contributed by atoms with Crippen LogP contribution >= 0.6 is 0 Å². The van der Waals surface area contributed by atoms with E-state index in [-0.39, 0.29) is 12.0 Å². The fraction of sp³-hybridized carbons (Fsp3) is 0.667. The summed E-state index contributed by atoms with van der Waals surface area (Å²) in [5.74, 6) is 0.916. The third-order valence-corrected chi connectivity index (χ3v) is 3.23. The number of aliphatic hydroxyl groups excluding tert-OH is 1. The van der Waals surface area contributed by atoms with Crippen LogP contribution in [0.3, 0.4) is 0 Å². The summed E-state index contributed by atoms with van der Waals surface area (Å²) in [6.07, 6.45) is 3.46. The molecule has 1 heterocycles. The average molecular weight is 238 g/mol. The molecule has 1 fully saturated rings. The topological polar surface area (TPSA) is 75.4 Å². The molecule has 1 aliphatic carbocycles. The van der Waals surface area contributed by atoms with Crippen LogP contribution in [0.25, 0.3) is 0 Å². The monoisotopic (exact) mass is 238 g/mol. The van der Waals surface area contributed by atoms with Gasteiger partial charge in [0.15, 0.2) is 5.69 Å². The Labute approximate surface area is 100 Å². The molecule has 1 amide bonds. The van der Waals surface area contributed by atoms with Gasteiger partial charge in [-0.25, -0.2) is 0 Å². The van der Waals surface area contributed by atoms with Crippen LogP contribution in [0.15, 0.2) is 10.6 Å². The number of aromatic nitrogens is 1. The first-order chi connectivity index (χ1) is 8.15. The molecule has 17 heavy (non-hydrogen) atoms. The van der Waals surface area contributed by atoms with E-state index < -0.39 is 0 Å². The van der Waals surface area contributed by atoms with Crippen molar-refractivity contribution in [2.75, 3.05) is 6.54 Å². The molecular formula is C12H18N2O3. The van der Waals surface area contributed by atoms with Crippen molar-refractivity contribution in [3.63, 3.8) is 0 Å². The van der Waals surface area contributed by atoms with E-state index in [1.807, 2.05) is 0 Å². The molecule has 5 nitrogen and oxygen atoms in total. The first-order valence-corrected chi connectivity index (χ1v) is 6.04. The van der Waals surface area contributed by atoms with E-state index in [1.54, 1.807) is 13.0 Å². The first-order valence-electron chi connectivity index (χ1n) is 6.04. The van der Waals surface area contributed by atoms with Crippen molar-refractivity contribution in [2.45, 2.75) is 38.7 Å². The van der Waals surface area contributed by atoms with Crippen LogP contribution in [0.5, 0.6) is 0 Å². The molecule has 5 heteroatoms. The molecule has 1 aliphatic rings. The largest absolute Gasteiger partial charge is 0.393 e. The smallest absolute Gasteiger partial charge is 0.273 e. The van der Waals surface area contributed by atoms with Crippen molar-refractivity contribution in [3.8, 4) is 0 Å². The SMILES string of the molecule is Cc1cc(C(=O)NCC2CCC(O)CC2)no1. The highest BCUT2D eigenvalue weighted by molar-refractivity contribution is 5.92. The third kappa shape index (κ3) is 3.30. The average Bonchev–Trinajstić information content (AvgIpc) is 2.75. The summed E-state index contributed by atoms with van der Waals surface area (Å²) in [5, 5.41) is 15.9. The summed E-state index contributed by atoms with van der Waals surface area (Å²) in [6, 6.07) is 1.62. The Bertz CT molecular complexity index is 381. The third-order valence-electron chi connectivity index (χ3n) is 3.23. The molecule has 0 bridgehead atoms. The number of nitrogens with one attached hydrogen (secondary N) is 1. The number of rotatable bonds is 3. The van der Waals surface area contributed by atoms with Crippen molar-refractivity contribution in [2.24, 2.45) is 5.92 Å². The van der Waals surface area contributed by atoms with Crippen LogP contribution in [0.4, 0.5) is 0 Å². The molecule has 0 aromatic carbocycles. The van der Waals surface area contributed by atoms with Gasteiger partial charge in [-0.05, 0) is 38.5 Å². The van der Waals surface area contributed by atoms with Crippen LogP contribution < -0.4 is 5.32 Å². The molecule has 94 valence electrons. The predicted octanol–water partition coefficient (Wildman–Crippen LogP) is 1.26. The molecule has 1 saturated carbocycles. The lowest BCUT2D eigenvalue weighted by molar-refractivity contribution is 0.0902. The Morgan fingerprint density at radius 3 is 2.82 bits per heavy atom. The fourth-order valence-electron chi connectivity index (χ4n) is 2.15. The van der Waals surface area contributed by atoms with Crippen LogP contribution in [-0.2, 0) is 0 Å². The van der Waals surface area contributed by atoms with E-state index in [4.69, 9.17) is 4.52 Å². The van der Waals surface area contributed by atoms with E-state index >= 15 is 0 Å². The highest BCUT2D eigenvalue weighted by Crippen LogP contribution is 2.23. The number of hydrogen-bond acceptors (Lipinski definition) is 4. The maximum atomic E-state index is 11.7. The summed E-state index contributed by atoms with van der Waals surface area (Å²) in [6.45, 7) is 2.41. The Morgan fingerprint density at radius 1 is 1.53 bits per heavy atom. The predicted molar refractivity (Wildman–Crippen MR) is 61.5 cm³/mol. The van der Waals surface area contributed by atoms with Gasteiger partial charge in [-0.15, -0.1) is 0 Å². The second kappa shape index (κ2) is 5.31. The van der Waals surface area contributed by atoms with Crippen molar-refractivity contribution in [3.05, 3.63) is 17.5 Å². The Kier molecular flexibility index (Phi) is 3.78. The zero-order chi connectivity index (χ0) is 12.3. The number of carbonyl (C=O) groups excluding carboxylic acids is 1. The second-order valence-corrected chi connectivity index (χ2v) is 4.71. The molecule has 0 atom stereocenters. The van der Waals surface area contributed by atoms with Crippen molar-refractivity contribution < 1.29 is 14.4 Å². The Hall–Kier alpha value is -1.36. The Balaban J connectivity index is 1.76. The lowest BCUT2D eigenvalue weighted by Gasteiger charge is -2.25. The van der Waals surface area contributed by atoms with Gasteiger partial charge in [-0.1, -0.05) is 5.16 Å². The van der Waals surface area contributed by atoms with Gasteiger partial charge in [0.25, 0.3) is 5.91 Å². The number of hydrogen-bond donors (Lipinski definition) is 2. The van der Waals surface area contributed by atoms with Crippen LogP contribution in [-0.4, -0.2) is 28.8 Å². The normalized spacial score (nSPS) is 24.6. The highest BCUT2D eigenvalue weighted by Gasteiger charge is 2.20. The summed E-state index contributed by atoms with van der Waals surface area (Å²) in [4.78, 5) is 11.7. The van der Waals surface area contributed by atoms with Gasteiger partial charge in [0.2, 0.25) is 0 Å². The fourth-order valence-corrected chi connectivity index (χ4v) is 2.15. The van der Waals surface area contributed by atoms with E-state index in [2.05, 4.69) is 10.5 Å². The van der Waals surface area contributed by atoms with E-state index in [0.29, 0.717) is 23.9 Å². The van der Waals surface area contributed by atoms with Gasteiger partial charge in [-0.2, -0.15) is 0 Å². The summed E-state index contributed by atoms with van der Waals surface area (Å²) >= 11 is 0. The Morgan fingerprint density at radius 2 is 2.24 bits per heavy atom. The summed E-state index contributed by atoms with van der Waals surface area (Å²) in [5.41, 5.74) is 0.332. The van der Waals surface area contributed by atoms with E-state index in [9.17, 15) is 9.90 Å². The zero-order valence-electron chi connectivity index (χ0n) is 9.98. The van der Waals surface area contributed by atoms with E-state index in [0.717, 1.165) is 25.7 Å². The number of nitrogens with zero attached hydrogens (tertiary/aromatic N) is 1. The van der Waals surface area contributed by atoms with Gasteiger partial charge < -0.3 is 14.9 Å². The summed E-state index contributed by atoms with van der Waals surface area (Å²) < 4.78 is 4.85.